The first-order valence-corrected chi connectivity index (χ1v) is 6.45. The molecule has 0 unspecified atom stereocenters. The van der Waals surface area contributed by atoms with Crippen molar-refractivity contribution in [3.05, 3.63) is 34.9 Å². The highest BCUT2D eigenvalue weighted by atomic mass is 15.0. The SMILES string of the molecule is Cc1ccc(C(C)(C)CNC(C)(C)C)cc1C. The van der Waals surface area contributed by atoms with Crippen molar-refractivity contribution in [2.75, 3.05) is 6.54 Å². The second kappa shape index (κ2) is 4.81. The highest BCUT2D eigenvalue weighted by Gasteiger charge is 2.23. The van der Waals surface area contributed by atoms with Crippen molar-refractivity contribution in [2.45, 2.75) is 59.4 Å². The van der Waals surface area contributed by atoms with Crippen LogP contribution in [0.4, 0.5) is 0 Å². The second-order valence-corrected chi connectivity index (χ2v) is 6.79. The van der Waals surface area contributed by atoms with Crippen LogP contribution in [-0.2, 0) is 5.41 Å². The number of rotatable bonds is 3. The molecule has 0 aliphatic heterocycles. The number of nitrogens with one attached hydrogen (secondary N) is 1. The van der Waals surface area contributed by atoms with E-state index in [4.69, 9.17) is 0 Å². The first-order chi connectivity index (χ1) is 7.62. The number of aryl methyl sites for hydroxylation is 2. The molecule has 0 spiro atoms. The summed E-state index contributed by atoms with van der Waals surface area (Å²) >= 11 is 0. The van der Waals surface area contributed by atoms with Gasteiger partial charge in [-0.2, -0.15) is 0 Å². The molecule has 0 fully saturated rings. The predicted octanol–water partition coefficient (Wildman–Crippen LogP) is 3.97. The lowest BCUT2D eigenvalue weighted by Gasteiger charge is -2.31. The highest BCUT2D eigenvalue weighted by molar-refractivity contribution is 5.34. The Morgan fingerprint density at radius 1 is 0.941 bits per heavy atom. The van der Waals surface area contributed by atoms with Crippen molar-refractivity contribution in [1.82, 2.24) is 5.32 Å². The lowest BCUT2D eigenvalue weighted by atomic mass is 9.82. The van der Waals surface area contributed by atoms with Gasteiger partial charge in [-0.3, -0.25) is 0 Å². The molecule has 1 heteroatoms. The number of hydrogen-bond donors (Lipinski definition) is 1. The molecule has 1 N–H and O–H groups in total. The van der Waals surface area contributed by atoms with Crippen LogP contribution >= 0.6 is 0 Å². The molecule has 0 bridgehead atoms. The predicted molar refractivity (Wildman–Crippen MR) is 76.7 cm³/mol. The molecule has 1 aromatic rings. The first-order valence-electron chi connectivity index (χ1n) is 6.45. The fraction of sp³-hybridized carbons (Fsp3) is 0.625. The van der Waals surface area contributed by atoms with E-state index >= 15 is 0 Å². The van der Waals surface area contributed by atoms with Gasteiger partial charge < -0.3 is 5.32 Å². The summed E-state index contributed by atoms with van der Waals surface area (Å²) in [5, 5.41) is 3.59. The maximum Gasteiger partial charge on any atom is 0.00968 e. The quantitative estimate of drug-likeness (QED) is 0.833. The van der Waals surface area contributed by atoms with Gasteiger partial charge in [-0.05, 0) is 51.3 Å². The average molecular weight is 233 g/mol. The molecule has 0 amide bonds. The third-order valence-electron chi connectivity index (χ3n) is 3.35. The molecular weight excluding hydrogens is 206 g/mol. The van der Waals surface area contributed by atoms with Gasteiger partial charge in [0, 0.05) is 17.5 Å². The Labute approximate surface area is 107 Å². The van der Waals surface area contributed by atoms with E-state index < -0.39 is 0 Å². The lowest BCUT2D eigenvalue weighted by Crippen LogP contribution is -2.43. The first kappa shape index (κ1) is 14.2. The zero-order valence-electron chi connectivity index (χ0n) is 12.4. The van der Waals surface area contributed by atoms with Crippen molar-refractivity contribution in [1.29, 1.82) is 0 Å². The van der Waals surface area contributed by atoms with Crippen LogP contribution in [-0.4, -0.2) is 12.1 Å². The minimum atomic E-state index is 0.172. The molecule has 0 aliphatic rings. The van der Waals surface area contributed by atoms with Crippen LogP contribution < -0.4 is 5.32 Å². The maximum absolute atomic E-state index is 3.59. The highest BCUT2D eigenvalue weighted by Crippen LogP contribution is 2.25. The molecule has 0 heterocycles. The monoisotopic (exact) mass is 233 g/mol. The summed E-state index contributed by atoms with van der Waals surface area (Å²) in [5.41, 5.74) is 4.51. The maximum atomic E-state index is 3.59. The van der Waals surface area contributed by atoms with E-state index in [-0.39, 0.29) is 11.0 Å². The minimum Gasteiger partial charge on any atom is -0.311 e. The normalized spacial score (nSPS) is 12.9. The minimum absolute atomic E-state index is 0.172. The summed E-state index contributed by atoms with van der Waals surface area (Å²) in [7, 11) is 0. The number of hydrogen-bond acceptors (Lipinski definition) is 1. The van der Waals surface area contributed by atoms with Crippen molar-refractivity contribution in [3.8, 4) is 0 Å². The summed E-state index contributed by atoms with van der Waals surface area (Å²) in [6, 6.07) is 6.80. The molecule has 1 rings (SSSR count). The van der Waals surface area contributed by atoms with Crippen LogP contribution in [0.25, 0.3) is 0 Å². The molecule has 96 valence electrons. The Hall–Kier alpha value is -0.820. The second-order valence-electron chi connectivity index (χ2n) is 6.79. The zero-order valence-corrected chi connectivity index (χ0v) is 12.4. The summed E-state index contributed by atoms with van der Waals surface area (Å²) in [6.45, 7) is 16.6. The Balaban J connectivity index is 2.85. The van der Waals surface area contributed by atoms with Gasteiger partial charge in [-0.1, -0.05) is 32.0 Å². The molecule has 0 aromatic heterocycles. The van der Waals surface area contributed by atoms with E-state index in [1.54, 1.807) is 0 Å². The van der Waals surface area contributed by atoms with E-state index in [9.17, 15) is 0 Å². The van der Waals surface area contributed by atoms with Crippen LogP contribution in [0.1, 0.15) is 51.3 Å². The van der Waals surface area contributed by atoms with Crippen molar-refractivity contribution >= 4 is 0 Å². The molecule has 0 atom stereocenters. The van der Waals surface area contributed by atoms with E-state index in [1.807, 2.05) is 0 Å². The molecule has 0 saturated heterocycles. The Morgan fingerprint density at radius 2 is 1.53 bits per heavy atom. The van der Waals surface area contributed by atoms with Crippen molar-refractivity contribution in [3.63, 3.8) is 0 Å². The summed E-state index contributed by atoms with van der Waals surface area (Å²) in [5.74, 6) is 0. The fourth-order valence-electron chi connectivity index (χ4n) is 1.75. The van der Waals surface area contributed by atoms with Crippen LogP contribution in [0, 0.1) is 13.8 Å². The molecule has 17 heavy (non-hydrogen) atoms. The van der Waals surface area contributed by atoms with Crippen LogP contribution in [0.3, 0.4) is 0 Å². The zero-order chi connectivity index (χ0) is 13.3. The molecular formula is C16H27N. The van der Waals surface area contributed by atoms with Gasteiger partial charge >= 0.3 is 0 Å². The van der Waals surface area contributed by atoms with Crippen molar-refractivity contribution < 1.29 is 0 Å². The van der Waals surface area contributed by atoms with Gasteiger partial charge in [0.15, 0.2) is 0 Å². The molecule has 0 radical (unpaired) electrons. The average Bonchev–Trinajstić information content (AvgIpc) is 2.18. The summed E-state index contributed by atoms with van der Waals surface area (Å²) in [6.07, 6.45) is 0. The van der Waals surface area contributed by atoms with Gasteiger partial charge in [-0.15, -0.1) is 0 Å². The largest absolute Gasteiger partial charge is 0.311 e. The Bertz CT molecular complexity index is 383. The van der Waals surface area contributed by atoms with Gasteiger partial charge in [0.2, 0.25) is 0 Å². The Morgan fingerprint density at radius 3 is 2.00 bits per heavy atom. The van der Waals surface area contributed by atoms with E-state index in [1.165, 1.54) is 16.7 Å². The smallest absolute Gasteiger partial charge is 0.00968 e. The van der Waals surface area contributed by atoms with Crippen LogP contribution in [0.15, 0.2) is 18.2 Å². The lowest BCUT2D eigenvalue weighted by molar-refractivity contribution is 0.363. The van der Waals surface area contributed by atoms with Crippen LogP contribution in [0.2, 0.25) is 0 Å². The van der Waals surface area contributed by atoms with Gasteiger partial charge in [0.25, 0.3) is 0 Å². The molecule has 0 saturated carbocycles. The van der Waals surface area contributed by atoms with Crippen LogP contribution in [0.5, 0.6) is 0 Å². The third kappa shape index (κ3) is 4.16. The number of benzene rings is 1. The van der Waals surface area contributed by atoms with E-state index in [0.29, 0.717) is 0 Å². The Kier molecular flexibility index (Phi) is 4.03. The summed E-state index contributed by atoms with van der Waals surface area (Å²) < 4.78 is 0. The fourth-order valence-corrected chi connectivity index (χ4v) is 1.75. The third-order valence-corrected chi connectivity index (χ3v) is 3.35. The topological polar surface area (TPSA) is 12.0 Å². The summed E-state index contributed by atoms with van der Waals surface area (Å²) in [4.78, 5) is 0. The molecule has 0 aliphatic carbocycles. The standard InChI is InChI=1S/C16H27N/c1-12-8-9-14(10-13(12)2)16(6,7)11-17-15(3,4)5/h8-10,17H,11H2,1-7H3. The van der Waals surface area contributed by atoms with Crippen molar-refractivity contribution in [2.24, 2.45) is 0 Å². The van der Waals surface area contributed by atoms with Gasteiger partial charge in [0.05, 0.1) is 0 Å². The van der Waals surface area contributed by atoms with E-state index in [2.05, 4.69) is 72.0 Å². The molecule has 1 aromatic carbocycles. The van der Waals surface area contributed by atoms with Gasteiger partial charge in [-0.25, -0.2) is 0 Å². The van der Waals surface area contributed by atoms with Gasteiger partial charge in [0.1, 0.15) is 0 Å². The van der Waals surface area contributed by atoms with E-state index in [0.717, 1.165) is 6.54 Å². The molecule has 1 nitrogen and oxygen atoms in total.